The lowest BCUT2D eigenvalue weighted by molar-refractivity contribution is -0.114. The van der Waals surface area contributed by atoms with Gasteiger partial charge >= 0.3 is 0 Å². The third-order valence-electron chi connectivity index (χ3n) is 4.43. The van der Waals surface area contributed by atoms with Crippen molar-refractivity contribution in [1.29, 1.82) is 0 Å². The molecule has 2 heterocycles. The summed E-state index contributed by atoms with van der Waals surface area (Å²) in [5.41, 5.74) is 1.57. The molecule has 17 heavy (non-hydrogen) atoms. The molecule has 0 bridgehead atoms. The summed E-state index contributed by atoms with van der Waals surface area (Å²) in [4.78, 5) is 11.4. The summed E-state index contributed by atoms with van der Waals surface area (Å²) < 4.78 is 6.10. The third kappa shape index (κ3) is 2.45. The predicted octanol–water partition coefficient (Wildman–Crippen LogP) is 2.97. The summed E-state index contributed by atoms with van der Waals surface area (Å²) in [7, 11) is 0. The van der Waals surface area contributed by atoms with Crippen LogP contribution in [0.5, 0.6) is 0 Å². The molecule has 2 nitrogen and oxygen atoms in total. The lowest BCUT2D eigenvalue weighted by atomic mass is 9.78. The zero-order valence-electron chi connectivity index (χ0n) is 10.2. The SMILES string of the molecule is O=C1C=C(C2CCOC3(CCSCC3)C2)CC1. The Morgan fingerprint density at radius 3 is 2.82 bits per heavy atom. The largest absolute Gasteiger partial charge is 0.375 e. The van der Waals surface area contributed by atoms with Gasteiger partial charge in [0.25, 0.3) is 0 Å². The molecule has 3 heteroatoms. The molecule has 94 valence electrons. The normalized spacial score (nSPS) is 32.8. The molecule has 1 atom stereocenters. The van der Waals surface area contributed by atoms with Gasteiger partial charge in [-0.2, -0.15) is 11.8 Å². The quantitative estimate of drug-likeness (QED) is 0.717. The molecule has 2 fully saturated rings. The molecule has 0 aromatic rings. The van der Waals surface area contributed by atoms with E-state index >= 15 is 0 Å². The highest BCUT2D eigenvalue weighted by Gasteiger charge is 2.40. The molecule has 0 radical (unpaired) electrons. The Kier molecular flexibility index (Phi) is 3.31. The fraction of sp³-hybridized carbons (Fsp3) is 0.786. The molecule has 0 N–H and O–H groups in total. The summed E-state index contributed by atoms with van der Waals surface area (Å²) in [5.74, 6) is 3.44. The van der Waals surface area contributed by atoms with Crippen molar-refractivity contribution in [3.8, 4) is 0 Å². The number of carbonyl (C=O) groups is 1. The average Bonchev–Trinajstić information content (AvgIpc) is 2.77. The van der Waals surface area contributed by atoms with E-state index in [2.05, 4.69) is 0 Å². The topological polar surface area (TPSA) is 26.3 Å². The van der Waals surface area contributed by atoms with Gasteiger partial charge in [-0.3, -0.25) is 4.79 Å². The van der Waals surface area contributed by atoms with E-state index in [-0.39, 0.29) is 5.60 Å². The van der Waals surface area contributed by atoms with Crippen molar-refractivity contribution in [3.63, 3.8) is 0 Å². The van der Waals surface area contributed by atoms with E-state index < -0.39 is 0 Å². The number of thioether (sulfide) groups is 1. The zero-order valence-corrected chi connectivity index (χ0v) is 11.1. The maximum Gasteiger partial charge on any atom is 0.155 e. The van der Waals surface area contributed by atoms with Crippen LogP contribution in [0.1, 0.15) is 38.5 Å². The molecule has 3 rings (SSSR count). The molecule has 3 aliphatic rings. The first-order valence-electron chi connectivity index (χ1n) is 6.72. The standard InChI is InChI=1S/C14H20O2S/c15-13-2-1-11(9-13)12-3-6-16-14(10-12)4-7-17-8-5-14/h9,12H,1-8,10H2. The minimum absolute atomic E-state index is 0.153. The smallest absolute Gasteiger partial charge is 0.155 e. The first-order chi connectivity index (χ1) is 8.27. The first-order valence-corrected chi connectivity index (χ1v) is 7.88. The minimum Gasteiger partial charge on any atom is -0.375 e. The molecular weight excluding hydrogens is 232 g/mol. The van der Waals surface area contributed by atoms with E-state index in [0.29, 0.717) is 11.7 Å². The Labute approximate surface area is 107 Å². The summed E-state index contributed by atoms with van der Waals surface area (Å²) in [6, 6.07) is 0. The average molecular weight is 252 g/mol. The highest BCUT2D eigenvalue weighted by atomic mass is 32.2. The van der Waals surface area contributed by atoms with E-state index in [4.69, 9.17) is 4.74 Å². The minimum atomic E-state index is 0.153. The van der Waals surface area contributed by atoms with E-state index in [1.165, 1.54) is 29.9 Å². The van der Waals surface area contributed by atoms with Crippen molar-refractivity contribution in [2.75, 3.05) is 18.1 Å². The number of allylic oxidation sites excluding steroid dienone is 2. The maximum absolute atomic E-state index is 11.4. The summed E-state index contributed by atoms with van der Waals surface area (Å²) in [6.07, 6.45) is 8.36. The Bertz CT molecular complexity index is 337. The zero-order chi connectivity index (χ0) is 11.7. The molecule has 1 unspecified atom stereocenters. The van der Waals surface area contributed by atoms with Gasteiger partial charge in [-0.05, 0) is 55.6 Å². The van der Waals surface area contributed by atoms with Crippen LogP contribution in [-0.2, 0) is 9.53 Å². The highest BCUT2D eigenvalue weighted by molar-refractivity contribution is 7.99. The molecule has 0 amide bonds. The van der Waals surface area contributed by atoms with Crippen LogP contribution < -0.4 is 0 Å². The number of hydrogen-bond donors (Lipinski definition) is 0. The Morgan fingerprint density at radius 1 is 1.29 bits per heavy atom. The Hall–Kier alpha value is -0.280. The van der Waals surface area contributed by atoms with Crippen molar-refractivity contribution < 1.29 is 9.53 Å². The number of carbonyl (C=O) groups excluding carboxylic acids is 1. The van der Waals surface area contributed by atoms with Crippen molar-refractivity contribution in [3.05, 3.63) is 11.6 Å². The third-order valence-corrected chi connectivity index (χ3v) is 5.41. The van der Waals surface area contributed by atoms with Gasteiger partial charge in [-0.1, -0.05) is 5.57 Å². The van der Waals surface area contributed by atoms with E-state index in [0.717, 1.165) is 32.3 Å². The number of rotatable bonds is 1. The van der Waals surface area contributed by atoms with Gasteiger partial charge in [0.2, 0.25) is 0 Å². The van der Waals surface area contributed by atoms with Gasteiger partial charge < -0.3 is 4.74 Å². The Morgan fingerprint density at radius 2 is 2.12 bits per heavy atom. The van der Waals surface area contributed by atoms with Crippen LogP contribution in [0.3, 0.4) is 0 Å². The van der Waals surface area contributed by atoms with Crippen LogP contribution >= 0.6 is 11.8 Å². The number of ketones is 1. The van der Waals surface area contributed by atoms with Crippen LogP contribution in [0.15, 0.2) is 11.6 Å². The molecule has 0 aromatic carbocycles. The predicted molar refractivity (Wildman–Crippen MR) is 70.3 cm³/mol. The van der Waals surface area contributed by atoms with Gasteiger partial charge in [0.1, 0.15) is 0 Å². The lowest BCUT2D eigenvalue weighted by Crippen LogP contribution is -2.43. The van der Waals surface area contributed by atoms with Gasteiger partial charge in [0.15, 0.2) is 5.78 Å². The molecule has 0 aromatic heterocycles. The van der Waals surface area contributed by atoms with Crippen LogP contribution in [0.2, 0.25) is 0 Å². The van der Waals surface area contributed by atoms with E-state index in [1.54, 1.807) is 0 Å². The second-order valence-electron chi connectivity index (χ2n) is 5.52. The van der Waals surface area contributed by atoms with E-state index in [1.807, 2.05) is 17.8 Å². The highest BCUT2D eigenvalue weighted by Crippen LogP contribution is 2.43. The molecule has 1 aliphatic carbocycles. The summed E-state index contributed by atoms with van der Waals surface area (Å²) in [6.45, 7) is 0.890. The molecule has 2 saturated heterocycles. The van der Waals surface area contributed by atoms with Crippen LogP contribution in [0.4, 0.5) is 0 Å². The van der Waals surface area contributed by atoms with Crippen LogP contribution in [0.25, 0.3) is 0 Å². The van der Waals surface area contributed by atoms with Crippen molar-refractivity contribution in [2.45, 2.75) is 44.1 Å². The lowest BCUT2D eigenvalue weighted by Gasteiger charge is -2.43. The summed E-state index contributed by atoms with van der Waals surface area (Å²) in [5, 5.41) is 0. The first kappa shape index (κ1) is 11.8. The molecular formula is C14H20O2S. The van der Waals surface area contributed by atoms with Crippen molar-refractivity contribution in [2.24, 2.45) is 5.92 Å². The van der Waals surface area contributed by atoms with Crippen molar-refractivity contribution >= 4 is 17.5 Å². The maximum atomic E-state index is 11.4. The Balaban J connectivity index is 1.71. The van der Waals surface area contributed by atoms with Gasteiger partial charge in [-0.15, -0.1) is 0 Å². The fourth-order valence-corrected chi connectivity index (χ4v) is 4.61. The molecule has 0 saturated carbocycles. The van der Waals surface area contributed by atoms with Crippen LogP contribution in [0, 0.1) is 5.92 Å². The second kappa shape index (κ2) is 4.77. The van der Waals surface area contributed by atoms with Gasteiger partial charge in [-0.25, -0.2) is 0 Å². The van der Waals surface area contributed by atoms with Crippen LogP contribution in [-0.4, -0.2) is 29.5 Å². The monoisotopic (exact) mass is 252 g/mol. The summed E-state index contributed by atoms with van der Waals surface area (Å²) >= 11 is 2.05. The van der Waals surface area contributed by atoms with Gasteiger partial charge in [0.05, 0.1) is 5.60 Å². The van der Waals surface area contributed by atoms with Crippen molar-refractivity contribution in [1.82, 2.24) is 0 Å². The fourth-order valence-electron chi connectivity index (χ4n) is 3.38. The molecule has 2 aliphatic heterocycles. The molecule has 1 spiro atoms. The number of hydrogen-bond acceptors (Lipinski definition) is 3. The number of ether oxygens (including phenoxy) is 1. The second-order valence-corrected chi connectivity index (χ2v) is 6.74. The van der Waals surface area contributed by atoms with Gasteiger partial charge in [0, 0.05) is 13.0 Å². The van der Waals surface area contributed by atoms with E-state index in [9.17, 15) is 4.79 Å².